The molecular formula is C9H13N5O. The molecule has 2 aromatic heterocycles. The van der Waals surface area contributed by atoms with E-state index in [4.69, 9.17) is 5.73 Å². The molecule has 0 fully saturated rings. The van der Waals surface area contributed by atoms with Gasteiger partial charge >= 0.3 is 0 Å². The molecule has 0 saturated heterocycles. The van der Waals surface area contributed by atoms with Crippen LogP contribution in [0.15, 0.2) is 12.7 Å². The van der Waals surface area contributed by atoms with Gasteiger partial charge in [0.25, 0.3) is 0 Å². The average molecular weight is 207 g/mol. The summed E-state index contributed by atoms with van der Waals surface area (Å²) in [7, 11) is 0. The molecule has 1 atom stereocenters. The lowest BCUT2D eigenvalue weighted by atomic mass is 10.3. The molecule has 0 radical (unpaired) electrons. The zero-order chi connectivity index (χ0) is 10.8. The Labute approximate surface area is 86.8 Å². The number of nitrogens with zero attached hydrogens (tertiary/aromatic N) is 4. The molecule has 2 rings (SSSR count). The fourth-order valence-electron chi connectivity index (χ4n) is 1.39. The molecule has 0 aliphatic heterocycles. The maximum Gasteiger partial charge on any atom is 0.165 e. The Hall–Kier alpha value is -1.69. The molecule has 1 unspecified atom stereocenters. The summed E-state index contributed by atoms with van der Waals surface area (Å²) >= 11 is 0. The molecule has 0 aromatic carbocycles. The molecular weight excluding hydrogens is 194 g/mol. The van der Waals surface area contributed by atoms with Gasteiger partial charge in [-0.05, 0) is 13.3 Å². The highest BCUT2D eigenvalue weighted by atomic mass is 16.3. The predicted octanol–water partition coefficient (Wildman–Crippen LogP) is 0.179. The van der Waals surface area contributed by atoms with Crippen molar-refractivity contribution in [2.45, 2.75) is 26.0 Å². The third-order valence-corrected chi connectivity index (χ3v) is 2.22. The topological polar surface area (TPSA) is 89.8 Å². The number of aliphatic hydroxyl groups excluding tert-OH is 1. The van der Waals surface area contributed by atoms with Crippen LogP contribution in [0.5, 0.6) is 0 Å². The van der Waals surface area contributed by atoms with E-state index in [-0.39, 0.29) is 6.10 Å². The Balaban J connectivity index is 2.33. The van der Waals surface area contributed by atoms with Crippen LogP contribution in [-0.2, 0) is 6.54 Å². The predicted molar refractivity (Wildman–Crippen MR) is 56.0 cm³/mol. The Bertz CT molecular complexity index is 464. The molecule has 15 heavy (non-hydrogen) atoms. The molecule has 0 bridgehead atoms. The second-order valence-electron chi connectivity index (χ2n) is 3.51. The minimum atomic E-state index is -0.332. The van der Waals surface area contributed by atoms with E-state index in [9.17, 15) is 5.11 Å². The van der Waals surface area contributed by atoms with Crippen LogP contribution in [0, 0.1) is 0 Å². The van der Waals surface area contributed by atoms with Crippen LogP contribution < -0.4 is 5.73 Å². The molecule has 0 amide bonds. The van der Waals surface area contributed by atoms with Gasteiger partial charge in [0.1, 0.15) is 11.8 Å². The first-order valence-corrected chi connectivity index (χ1v) is 4.78. The molecule has 2 heterocycles. The fraction of sp³-hybridized carbons (Fsp3) is 0.444. The van der Waals surface area contributed by atoms with Crippen LogP contribution in [0.25, 0.3) is 11.2 Å². The lowest BCUT2D eigenvalue weighted by Gasteiger charge is -2.05. The van der Waals surface area contributed by atoms with Gasteiger partial charge < -0.3 is 15.4 Å². The van der Waals surface area contributed by atoms with E-state index in [0.29, 0.717) is 29.9 Å². The Morgan fingerprint density at radius 1 is 1.47 bits per heavy atom. The van der Waals surface area contributed by atoms with Gasteiger partial charge in [-0.3, -0.25) is 0 Å². The van der Waals surface area contributed by atoms with Crippen LogP contribution in [0.2, 0.25) is 0 Å². The van der Waals surface area contributed by atoms with Crippen molar-refractivity contribution in [3.63, 3.8) is 0 Å². The second-order valence-corrected chi connectivity index (χ2v) is 3.51. The number of hydrogen-bond acceptors (Lipinski definition) is 5. The number of aliphatic hydroxyl groups is 1. The summed E-state index contributed by atoms with van der Waals surface area (Å²) in [6, 6.07) is 0. The summed E-state index contributed by atoms with van der Waals surface area (Å²) in [4.78, 5) is 12.1. The van der Waals surface area contributed by atoms with Crippen molar-refractivity contribution in [2.24, 2.45) is 0 Å². The summed E-state index contributed by atoms with van der Waals surface area (Å²) in [6.07, 6.45) is 3.41. The van der Waals surface area contributed by atoms with Crippen molar-refractivity contribution in [3.05, 3.63) is 12.7 Å². The van der Waals surface area contributed by atoms with Gasteiger partial charge in [0, 0.05) is 6.54 Å². The lowest BCUT2D eigenvalue weighted by Crippen LogP contribution is -2.06. The number of nitrogen functional groups attached to an aromatic ring is 1. The van der Waals surface area contributed by atoms with Crippen molar-refractivity contribution in [3.8, 4) is 0 Å². The van der Waals surface area contributed by atoms with Gasteiger partial charge in [-0.2, -0.15) is 0 Å². The van der Waals surface area contributed by atoms with Crippen LogP contribution in [-0.4, -0.2) is 30.7 Å². The Morgan fingerprint density at radius 2 is 2.27 bits per heavy atom. The third kappa shape index (κ3) is 1.89. The molecule has 0 aliphatic carbocycles. The molecule has 6 nitrogen and oxygen atoms in total. The maximum absolute atomic E-state index is 9.19. The second kappa shape index (κ2) is 3.82. The van der Waals surface area contributed by atoms with Gasteiger partial charge in [-0.1, -0.05) is 0 Å². The first-order chi connectivity index (χ1) is 7.18. The Morgan fingerprint density at radius 3 is 3.00 bits per heavy atom. The molecule has 6 heteroatoms. The van der Waals surface area contributed by atoms with Gasteiger partial charge in [-0.15, -0.1) is 0 Å². The highest BCUT2D eigenvalue weighted by molar-refractivity contribution is 5.80. The molecule has 0 saturated carbocycles. The molecule has 3 N–H and O–H groups in total. The first-order valence-electron chi connectivity index (χ1n) is 4.78. The first kappa shape index (κ1) is 9.85. The quantitative estimate of drug-likeness (QED) is 0.749. The minimum absolute atomic E-state index is 0.332. The van der Waals surface area contributed by atoms with Gasteiger partial charge in [0.2, 0.25) is 0 Å². The van der Waals surface area contributed by atoms with E-state index < -0.39 is 0 Å². The number of fused-ring (bicyclic) bond motifs is 1. The Kier molecular flexibility index (Phi) is 2.51. The smallest absolute Gasteiger partial charge is 0.165 e. The maximum atomic E-state index is 9.19. The summed E-state index contributed by atoms with van der Waals surface area (Å²) < 4.78 is 1.86. The number of anilines is 1. The van der Waals surface area contributed by atoms with E-state index in [1.807, 2.05) is 4.57 Å². The highest BCUT2D eigenvalue weighted by Gasteiger charge is 2.07. The van der Waals surface area contributed by atoms with E-state index >= 15 is 0 Å². The van der Waals surface area contributed by atoms with Gasteiger partial charge in [-0.25, -0.2) is 15.0 Å². The summed E-state index contributed by atoms with van der Waals surface area (Å²) in [5.74, 6) is 0.385. The fourth-order valence-corrected chi connectivity index (χ4v) is 1.39. The van der Waals surface area contributed by atoms with Gasteiger partial charge in [0.15, 0.2) is 11.5 Å². The van der Waals surface area contributed by atoms with E-state index in [1.165, 1.54) is 6.33 Å². The summed E-state index contributed by atoms with van der Waals surface area (Å²) in [6.45, 7) is 2.42. The number of hydrogen-bond donors (Lipinski definition) is 2. The normalized spacial score (nSPS) is 13.2. The zero-order valence-corrected chi connectivity index (χ0v) is 8.46. The summed E-state index contributed by atoms with van der Waals surface area (Å²) in [5, 5.41) is 9.19. The number of imidazole rings is 1. The summed E-state index contributed by atoms with van der Waals surface area (Å²) in [5.41, 5.74) is 6.97. The van der Waals surface area contributed by atoms with Crippen molar-refractivity contribution in [1.82, 2.24) is 19.5 Å². The third-order valence-electron chi connectivity index (χ3n) is 2.22. The number of rotatable bonds is 3. The monoisotopic (exact) mass is 207 g/mol. The van der Waals surface area contributed by atoms with Crippen LogP contribution in [0.3, 0.4) is 0 Å². The van der Waals surface area contributed by atoms with Crippen molar-refractivity contribution in [1.29, 1.82) is 0 Å². The number of aryl methyl sites for hydroxylation is 1. The SMILES string of the molecule is CC(O)CCn1cnc2c(N)ncnc21. The number of nitrogens with two attached hydrogens (primary N) is 1. The average Bonchev–Trinajstić information content (AvgIpc) is 2.59. The molecule has 0 spiro atoms. The zero-order valence-electron chi connectivity index (χ0n) is 8.46. The van der Waals surface area contributed by atoms with Crippen molar-refractivity contribution < 1.29 is 5.11 Å². The lowest BCUT2D eigenvalue weighted by molar-refractivity contribution is 0.178. The van der Waals surface area contributed by atoms with E-state index in [1.54, 1.807) is 13.3 Å². The molecule has 80 valence electrons. The molecule has 0 aliphatic rings. The van der Waals surface area contributed by atoms with Crippen LogP contribution in [0.4, 0.5) is 5.82 Å². The molecule has 2 aromatic rings. The van der Waals surface area contributed by atoms with Crippen LogP contribution in [0.1, 0.15) is 13.3 Å². The largest absolute Gasteiger partial charge is 0.393 e. The number of aromatic nitrogens is 4. The van der Waals surface area contributed by atoms with Crippen molar-refractivity contribution >= 4 is 17.0 Å². The minimum Gasteiger partial charge on any atom is -0.393 e. The van der Waals surface area contributed by atoms with Crippen molar-refractivity contribution in [2.75, 3.05) is 5.73 Å². The highest BCUT2D eigenvalue weighted by Crippen LogP contribution is 2.14. The van der Waals surface area contributed by atoms with E-state index in [0.717, 1.165) is 0 Å². The van der Waals surface area contributed by atoms with Gasteiger partial charge in [0.05, 0.1) is 12.4 Å². The van der Waals surface area contributed by atoms with Crippen LogP contribution >= 0.6 is 0 Å². The van der Waals surface area contributed by atoms with E-state index in [2.05, 4.69) is 15.0 Å². The standard InChI is InChI=1S/C9H13N5O/c1-6(15)2-3-14-5-13-7-8(10)11-4-12-9(7)14/h4-6,15H,2-3H2,1H3,(H2,10,11,12).